The Bertz CT molecular complexity index is 402. The van der Waals surface area contributed by atoms with Gasteiger partial charge in [-0.15, -0.1) is 0 Å². The molecule has 0 aromatic heterocycles. The molecule has 0 aliphatic rings. The van der Waals surface area contributed by atoms with Crippen LogP contribution in [0.5, 0.6) is 5.75 Å². The van der Waals surface area contributed by atoms with Crippen LogP contribution in [0, 0.1) is 0 Å². The molecule has 1 aromatic rings. The van der Waals surface area contributed by atoms with Crippen molar-refractivity contribution in [2.24, 2.45) is 0 Å². The molecule has 1 unspecified atom stereocenters. The minimum Gasteiger partial charge on any atom is -0.494 e. The van der Waals surface area contributed by atoms with Crippen molar-refractivity contribution in [3.63, 3.8) is 0 Å². The molecule has 104 valence electrons. The Hall–Kier alpha value is -2.04. The Labute approximate surface area is 112 Å². The van der Waals surface area contributed by atoms with E-state index in [9.17, 15) is 9.59 Å². The van der Waals surface area contributed by atoms with Crippen LogP contribution in [-0.2, 0) is 16.0 Å². The molecule has 1 aromatic carbocycles. The second-order valence-electron chi connectivity index (χ2n) is 4.19. The van der Waals surface area contributed by atoms with Gasteiger partial charge in [-0.3, -0.25) is 9.59 Å². The maximum absolute atomic E-state index is 10.5. The summed E-state index contributed by atoms with van der Waals surface area (Å²) < 4.78 is 5.34. The maximum atomic E-state index is 10.5. The van der Waals surface area contributed by atoms with Gasteiger partial charge in [0.05, 0.1) is 6.61 Å². The Morgan fingerprint density at radius 2 is 2.11 bits per heavy atom. The van der Waals surface area contributed by atoms with E-state index in [4.69, 9.17) is 9.84 Å². The fraction of sp³-hybridized carbons (Fsp3) is 0.429. The smallest absolute Gasteiger partial charge is 0.303 e. The number of amides is 1. The molecule has 5 heteroatoms. The van der Waals surface area contributed by atoms with Crippen LogP contribution in [0.4, 0.5) is 0 Å². The van der Waals surface area contributed by atoms with Gasteiger partial charge in [0.15, 0.2) is 0 Å². The number of carbonyl (C=O) groups is 2. The summed E-state index contributed by atoms with van der Waals surface area (Å²) in [5.74, 6) is -0.0546. The van der Waals surface area contributed by atoms with Gasteiger partial charge in [0.25, 0.3) is 0 Å². The van der Waals surface area contributed by atoms with Crippen LogP contribution in [0.25, 0.3) is 0 Å². The predicted octanol–water partition coefficient (Wildman–Crippen LogP) is 1.61. The molecule has 0 saturated heterocycles. The lowest BCUT2D eigenvalue weighted by molar-refractivity contribution is -0.137. The number of nitrogens with one attached hydrogen (secondary N) is 1. The summed E-state index contributed by atoms with van der Waals surface area (Å²) in [7, 11) is 0. The van der Waals surface area contributed by atoms with E-state index in [-0.39, 0.29) is 12.5 Å². The van der Waals surface area contributed by atoms with Gasteiger partial charge in [0.2, 0.25) is 6.41 Å². The number of aliphatic carboxylic acids is 1. The van der Waals surface area contributed by atoms with Crippen LogP contribution in [0.15, 0.2) is 24.3 Å². The molecule has 0 aliphatic heterocycles. The van der Waals surface area contributed by atoms with E-state index >= 15 is 0 Å². The van der Waals surface area contributed by atoms with E-state index < -0.39 is 5.97 Å². The number of ether oxygens (including phenoxy) is 1. The lowest BCUT2D eigenvalue weighted by atomic mass is 10.0. The molecule has 0 aliphatic carbocycles. The second kappa shape index (κ2) is 8.13. The van der Waals surface area contributed by atoms with Crippen molar-refractivity contribution in [2.75, 3.05) is 6.61 Å². The molecular weight excluding hydrogens is 246 g/mol. The van der Waals surface area contributed by atoms with Gasteiger partial charge in [-0.05, 0) is 37.5 Å². The van der Waals surface area contributed by atoms with Gasteiger partial charge in [0.1, 0.15) is 5.75 Å². The van der Waals surface area contributed by atoms with E-state index in [0.717, 1.165) is 11.3 Å². The highest BCUT2D eigenvalue weighted by Crippen LogP contribution is 2.14. The number of benzene rings is 1. The minimum atomic E-state index is -0.857. The summed E-state index contributed by atoms with van der Waals surface area (Å²) in [6.07, 6.45) is 1.68. The predicted molar refractivity (Wildman–Crippen MR) is 71.2 cm³/mol. The number of carboxylic acid groups (broad SMARTS) is 1. The molecule has 5 nitrogen and oxygen atoms in total. The Morgan fingerprint density at radius 1 is 1.42 bits per heavy atom. The van der Waals surface area contributed by atoms with Gasteiger partial charge in [-0.2, -0.15) is 0 Å². The first-order chi connectivity index (χ1) is 9.15. The monoisotopic (exact) mass is 265 g/mol. The van der Waals surface area contributed by atoms with Crippen molar-refractivity contribution >= 4 is 12.4 Å². The molecule has 0 radical (unpaired) electrons. The number of carbonyl (C=O) groups excluding carboxylic acids is 1. The molecule has 0 heterocycles. The van der Waals surface area contributed by atoms with Crippen molar-refractivity contribution in [1.82, 2.24) is 5.32 Å². The highest BCUT2D eigenvalue weighted by atomic mass is 16.5. The van der Waals surface area contributed by atoms with Crippen LogP contribution in [0.1, 0.15) is 25.3 Å². The molecule has 0 saturated carbocycles. The third-order valence-electron chi connectivity index (χ3n) is 2.73. The van der Waals surface area contributed by atoms with E-state index in [1.807, 2.05) is 31.2 Å². The van der Waals surface area contributed by atoms with Gasteiger partial charge < -0.3 is 15.2 Å². The SMILES string of the molecule is CCOc1ccc(CC(CCC(=O)O)NC=O)cc1. The maximum Gasteiger partial charge on any atom is 0.303 e. The molecule has 2 N–H and O–H groups in total. The Balaban J connectivity index is 2.56. The Morgan fingerprint density at radius 3 is 2.63 bits per heavy atom. The highest BCUT2D eigenvalue weighted by Gasteiger charge is 2.10. The first-order valence-electron chi connectivity index (χ1n) is 6.29. The summed E-state index contributed by atoms with van der Waals surface area (Å²) in [5.41, 5.74) is 1.04. The first-order valence-corrected chi connectivity index (χ1v) is 6.29. The van der Waals surface area contributed by atoms with Crippen LogP contribution >= 0.6 is 0 Å². The average Bonchev–Trinajstić information content (AvgIpc) is 2.39. The number of hydrogen-bond donors (Lipinski definition) is 2. The van der Waals surface area contributed by atoms with E-state index in [1.165, 1.54) is 0 Å². The average molecular weight is 265 g/mol. The van der Waals surface area contributed by atoms with Crippen LogP contribution in [-0.4, -0.2) is 30.1 Å². The van der Waals surface area contributed by atoms with Crippen molar-refractivity contribution in [3.05, 3.63) is 29.8 Å². The van der Waals surface area contributed by atoms with Gasteiger partial charge in [-0.25, -0.2) is 0 Å². The normalized spacial score (nSPS) is 11.6. The molecule has 1 rings (SSSR count). The van der Waals surface area contributed by atoms with E-state index in [2.05, 4.69) is 5.32 Å². The topological polar surface area (TPSA) is 75.6 Å². The zero-order chi connectivity index (χ0) is 14.1. The minimum absolute atomic E-state index is 0.0442. The van der Waals surface area contributed by atoms with E-state index in [0.29, 0.717) is 25.9 Å². The fourth-order valence-corrected chi connectivity index (χ4v) is 1.81. The lowest BCUT2D eigenvalue weighted by Gasteiger charge is -2.15. The highest BCUT2D eigenvalue weighted by molar-refractivity contribution is 5.66. The molecule has 0 spiro atoms. The quantitative estimate of drug-likeness (QED) is 0.665. The summed E-state index contributed by atoms with van der Waals surface area (Å²) >= 11 is 0. The van der Waals surface area contributed by atoms with Crippen molar-refractivity contribution in [2.45, 2.75) is 32.2 Å². The molecule has 0 fully saturated rings. The summed E-state index contributed by atoms with van der Waals surface area (Å²) in [5, 5.41) is 11.3. The lowest BCUT2D eigenvalue weighted by Crippen LogP contribution is -2.30. The zero-order valence-electron chi connectivity index (χ0n) is 11.0. The third kappa shape index (κ3) is 5.90. The van der Waals surface area contributed by atoms with Gasteiger partial charge in [0, 0.05) is 12.5 Å². The van der Waals surface area contributed by atoms with Gasteiger partial charge >= 0.3 is 5.97 Å². The number of hydrogen-bond acceptors (Lipinski definition) is 3. The number of rotatable bonds is 9. The molecule has 19 heavy (non-hydrogen) atoms. The summed E-state index contributed by atoms with van der Waals surface area (Å²) in [4.78, 5) is 21.1. The standard InChI is InChI=1S/C14H19NO4/c1-2-19-13-6-3-11(4-7-13)9-12(15-10-16)5-8-14(17)18/h3-4,6-7,10,12H,2,5,8-9H2,1H3,(H,15,16)(H,17,18). The van der Waals surface area contributed by atoms with Crippen LogP contribution in [0.3, 0.4) is 0 Å². The zero-order valence-corrected chi connectivity index (χ0v) is 11.0. The van der Waals surface area contributed by atoms with Crippen molar-refractivity contribution in [1.29, 1.82) is 0 Å². The largest absolute Gasteiger partial charge is 0.494 e. The van der Waals surface area contributed by atoms with Crippen LogP contribution in [0.2, 0.25) is 0 Å². The summed E-state index contributed by atoms with van der Waals surface area (Å²) in [6, 6.07) is 7.42. The van der Waals surface area contributed by atoms with Crippen molar-refractivity contribution in [3.8, 4) is 5.75 Å². The van der Waals surface area contributed by atoms with Crippen LogP contribution < -0.4 is 10.1 Å². The fourth-order valence-electron chi connectivity index (χ4n) is 1.81. The molecule has 1 atom stereocenters. The third-order valence-corrected chi connectivity index (χ3v) is 2.73. The molecule has 0 bridgehead atoms. The number of carboxylic acids is 1. The molecular formula is C14H19NO4. The summed E-state index contributed by atoms with van der Waals surface area (Å²) in [6.45, 7) is 2.54. The molecule has 1 amide bonds. The Kier molecular flexibility index (Phi) is 6.43. The van der Waals surface area contributed by atoms with Crippen molar-refractivity contribution < 1.29 is 19.4 Å². The van der Waals surface area contributed by atoms with Gasteiger partial charge in [-0.1, -0.05) is 12.1 Å². The second-order valence-corrected chi connectivity index (χ2v) is 4.19. The first kappa shape index (κ1) is 15.0. The van der Waals surface area contributed by atoms with E-state index in [1.54, 1.807) is 0 Å².